The number of para-hydroxylation sites is 1. The molecule has 0 bridgehead atoms. The number of methoxy groups -OCH3 is 1. The molecule has 1 aliphatic rings. The number of rotatable bonds is 12. The third-order valence-electron chi connectivity index (χ3n) is 6.35. The first-order valence-corrected chi connectivity index (χ1v) is 12.9. The van der Waals surface area contributed by atoms with Crippen LogP contribution in [0.1, 0.15) is 61.4 Å². The maximum absolute atomic E-state index is 13.5. The van der Waals surface area contributed by atoms with E-state index in [4.69, 9.17) is 19.4 Å². The first-order valence-electron chi connectivity index (χ1n) is 12.9. The quantitative estimate of drug-likeness (QED) is 0.217. The normalized spacial score (nSPS) is 12.2. The maximum atomic E-state index is 13.5. The maximum Gasteiger partial charge on any atom is 0.290 e. The summed E-state index contributed by atoms with van der Waals surface area (Å²) >= 11 is 0. The summed E-state index contributed by atoms with van der Waals surface area (Å²) in [6.45, 7) is 3.26. The van der Waals surface area contributed by atoms with Gasteiger partial charge in [0, 0.05) is 23.7 Å². The molecule has 0 saturated heterocycles. The van der Waals surface area contributed by atoms with Gasteiger partial charge in [0.1, 0.15) is 11.5 Å². The minimum atomic E-state index is -0.250. The fourth-order valence-electron chi connectivity index (χ4n) is 4.20. The van der Waals surface area contributed by atoms with Gasteiger partial charge < -0.3 is 19.5 Å². The molecule has 196 valence electrons. The Bertz CT molecular complexity index is 1120. The highest BCUT2D eigenvalue weighted by Gasteiger charge is 2.33. The summed E-state index contributed by atoms with van der Waals surface area (Å²) in [5.41, 5.74) is 3.93. The van der Waals surface area contributed by atoms with E-state index in [0.717, 1.165) is 59.6 Å². The molecular formula is C31H37NO5. The molecule has 0 heterocycles. The lowest BCUT2D eigenvalue weighted by Crippen LogP contribution is -2.32. The Hall–Kier alpha value is -3.80. The summed E-state index contributed by atoms with van der Waals surface area (Å²) in [4.78, 5) is 23.9. The van der Waals surface area contributed by atoms with Gasteiger partial charge >= 0.3 is 0 Å². The summed E-state index contributed by atoms with van der Waals surface area (Å²) in [5, 5.41) is 6.89. The number of carbonyl (C=O) groups excluding carboxylic acids is 1. The van der Waals surface area contributed by atoms with Gasteiger partial charge in [0.05, 0.1) is 13.7 Å². The predicted molar refractivity (Wildman–Crippen MR) is 146 cm³/mol. The molecule has 0 radical (unpaired) electrons. The van der Waals surface area contributed by atoms with E-state index in [-0.39, 0.29) is 12.4 Å². The second-order valence-corrected chi connectivity index (χ2v) is 9.10. The van der Waals surface area contributed by atoms with Crippen molar-refractivity contribution < 1.29 is 24.2 Å². The predicted octanol–water partition coefficient (Wildman–Crippen LogP) is 6.83. The number of hydrogen-bond acceptors (Lipinski definition) is 4. The highest BCUT2D eigenvalue weighted by atomic mass is 16.5. The molecule has 6 nitrogen and oxygen atoms in total. The minimum Gasteiger partial charge on any atom is -0.497 e. The Labute approximate surface area is 219 Å². The summed E-state index contributed by atoms with van der Waals surface area (Å²) in [6, 6.07) is 24.3. The molecule has 1 amide bonds. The zero-order valence-electron chi connectivity index (χ0n) is 21.8. The van der Waals surface area contributed by atoms with Crippen molar-refractivity contribution in [3.63, 3.8) is 0 Å². The SMILES string of the molecule is CCCCCCOc1ccccc1CN(C(=O)c1ccc(-c2cccc(OC)c2)cc1)C1CC1.O=CO. The molecule has 0 unspecified atom stereocenters. The zero-order chi connectivity index (χ0) is 26.5. The van der Waals surface area contributed by atoms with Crippen LogP contribution in [0.4, 0.5) is 0 Å². The number of amides is 1. The fourth-order valence-corrected chi connectivity index (χ4v) is 4.20. The van der Waals surface area contributed by atoms with Gasteiger partial charge in [-0.1, -0.05) is 68.7 Å². The van der Waals surface area contributed by atoms with Crippen molar-refractivity contribution in [2.45, 2.75) is 58.0 Å². The van der Waals surface area contributed by atoms with Crippen LogP contribution >= 0.6 is 0 Å². The average Bonchev–Trinajstić information content (AvgIpc) is 3.78. The van der Waals surface area contributed by atoms with Crippen LogP contribution in [0, 0.1) is 0 Å². The summed E-state index contributed by atoms with van der Waals surface area (Å²) < 4.78 is 11.4. The molecule has 1 aliphatic carbocycles. The molecule has 4 rings (SSSR count). The van der Waals surface area contributed by atoms with E-state index >= 15 is 0 Å². The summed E-state index contributed by atoms with van der Waals surface area (Å²) in [7, 11) is 1.67. The topological polar surface area (TPSA) is 76.1 Å². The number of nitrogens with zero attached hydrogens (tertiary/aromatic N) is 1. The molecule has 37 heavy (non-hydrogen) atoms. The van der Waals surface area contributed by atoms with Crippen molar-refractivity contribution in [1.29, 1.82) is 0 Å². The number of hydrogen-bond donors (Lipinski definition) is 1. The number of carboxylic acid groups (broad SMARTS) is 1. The lowest BCUT2D eigenvalue weighted by molar-refractivity contribution is -0.122. The molecule has 1 saturated carbocycles. The van der Waals surface area contributed by atoms with E-state index in [1.54, 1.807) is 7.11 Å². The number of ether oxygens (including phenoxy) is 2. The molecule has 0 atom stereocenters. The largest absolute Gasteiger partial charge is 0.497 e. The van der Waals surface area contributed by atoms with E-state index in [1.807, 2.05) is 65.6 Å². The van der Waals surface area contributed by atoms with Gasteiger partial charge in [-0.2, -0.15) is 0 Å². The van der Waals surface area contributed by atoms with Crippen LogP contribution in [0.25, 0.3) is 11.1 Å². The molecule has 3 aromatic carbocycles. The molecule has 1 fully saturated rings. The van der Waals surface area contributed by atoms with Gasteiger partial charge in [0.25, 0.3) is 12.4 Å². The number of benzene rings is 3. The summed E-state index contributed by atoms with van der Waals surface area (Å²) in [6.07, 6.45) is 6.84. The molecule has 0 aliphatic heterocycles. The zero-order valence-corrected chi connectivity index (χ0v) is 21.8. The third-order valence-corrected chi connectivity index (χ3v) is 6.35. The van der Waals surface area contributed by atoms with Crippen LogP contribution in [-0.4, -0.2) is 42.1 Å². The van der Waals surface area contributed by atoms with Crippen LogP contribution in [-0.2, 0) is 11.3 Å². The Morgan fingerprint density at radius 2 is 1.70 bits per heavy atom. The van der Waals surface area contributed by atoms with Crippen molar-refractivity contribution in [3.8, 4) is 22.6 Å². The Morgan fingerprint density at radius 3 is 2.38 bits per heavy atom. The van der Waals surface area contributed by atoms with Gasteiger partial charge in [-0.3, -0.25) is 9.59 Å². The summed E-state index contributed by atoms with van der Waals surface area (Å²) in [5.74, 6) is 1.80. The Morgan fingerprint density at radius 1 is 0.973 bits per heavy atom. The van der Waals surface area contributed by atoms with Crippen LogP contribution in [0.2, 0.25) is 0 Å². The lowest BCUT2D eigenvalue weighted by atomic mass is 10.0. The first kappa shape index (κ1) is 27.8. The van der Waals surface area contributed by atoms with Crippen molar-refractivity contribution in [2.75, 3.05) is 13.7 Å². The minimum absolute atomic E-state index is 0.0810. The fraction of sp³-hybridized carbons (Fsp3) is 0.355. The lowest BCUT2D eigenvalue weighted by Gasteiger charge is -2.24. The highest BCUT2D eigenvalue weighted by Crippen LogP contribution is 2.32. The van der Waals surface area contributed by atoms with E-state index in [9.17, 15) is 4.79 Å². The van der Waals surface area contributed by atoms with Gasteiger partial charge in [0.15, 0.2) is 0 Å². The Balaban J connectivity index is 0.00000121. The van der Waals surface area contributed by atoms with Crippen molar-refractivity contribution in [3.05, 3.63) is 83.9 Å². The molecule has 0 spiro atoms. The highest BCUT2D eigenvalue weighted by molar-refractivity contribution is 5.95. The second kappa shape index (κ2) is 14.7. The molecule has 3 aromatic rings. The van der Waals surface area contributed by atoms with E-state index in [1.165, 1.54) is 19.3 Å². The molecule has 0 aromatic heterocycles. The van der Waals surface area contributed by atoms with Crippen molar-refractivity contribution >= 4 is 12.4 Å². The van der Waals surface area contributed by atoms with Crippen LogP contribution < -0.4 is 9.47 Å². The van der Waals surface area contributed by atoms with Crippen molar-refractivity contribution in [2.24, 2.45) is 0 Å². The van der Waals surface area contributed by atoms with Gasteiger partial charge in [-0.05, 0) is 60.7 Å². The molecular weight excluding hydrogens is 466 g/mol. The van der Waals surface area contributed by atoms with E-state index < -0.39 is 0 Å². The first-order chi connectivity index (χ1) is 18.1. The third kappa shape index (κ3) is 8.38. The number of carbonyl (C=O) groups is 2. The smallest absolute Gasteiger partial charge is 0.290 e. The molecule has 6 heteroatoms. The standard InChI is InChI=1S/C30H35NO3.CH2O2/c1-3-4-5-8-20-34-29-13-7-6-10-26(29)22-31(27-18-19-27)30(32)24-16-14-23(15-17-24)25-11-9-12-28(21-25)33-2;2-1-3/h6-7,9-17,21,27H,3-5,8,18-20,22H2,1-2H3;1H,(H,2,3). The monoisotopic (exact) mass is 503 g/mol. The van der Waals surface area contributed by atoms with Gasteiger partial charge in [-0.25, -0.2) is 0 Å². The van der Waals surface area contributed by atoms with Crippen LogP contribution in [0.5, 0.6) is 11.5 Å². The van der Waals surface area contributed by atoms with Crippen LogP contribution in [0.3, 0.4) is 0 Å². The van der Waals surface area contributed by atoms with Crippen LogP contribution in [0.15, 0.2) is 72.8 Å². The average molecular weight is 504 g/mol. The number of unbranched alkanes of at least 4 members (excludes halogenated alkanes) is 3. The molecule has 1 N–H and O–H groups in total. The van der Waals surface area contributed by atoms with Gasteiger partial charge in [-0.15, -0.1) is 0 Å². The van der Waals surface area contributed by atoms with Gasteiger partial charge in [0.2, 0.25) is 0 Å². The Kier molecular flexibility index (Phi) is 11.0. The van der Waals surface area contributed by atoms with E-state index in [0.29, 0.717) is 12.6 Å². The van der Waals surface area contributed by atoms with Crippen molar-refractivity contribution in [1.82, 2.24) is 4.90 Å². The van der Waals surface area contributed by atoms with E-state index in [2.05, 4.69) is 19.1 Å². The second-order valence-electron chi connectivity index (χ2n) is 9.10.